The van der Waals surface area contributed by atoms with Crippen molar-refractivity contribution in [2.45, 2.75) is 0 Å². The van der Waals surface area contributed by atoms with Gasteiger partial charge in [0, 0.05) is 16.8 Å². The summed E-state index contributed by atoms with van der Waals surface area (Å²) in [7, 11) is 0. The summed E-state index contributed by atoms with van der Waals surface area (Å²) in [6, 6.07) is 12.1. The zero-order chi connectivity index (χ0) is 21.4. The first-order valence-electron chi connectivity index (χ1n) is 8.52. The van der Waals surface area contributed by atoms with Gasteiger partial charge in [0.1, 0.15) is 5.75 Å². The standard InChI is InChI=1S/C20H12Cl3FN4O2/c21-9-2-1-3-10(6-9)25-19(30)11-7-14-15(8-16(11)29)27-20(26-14)28-18-13(23)5-4-12(22)17(18)24/h1-8,29H,(H,25,30)(H2,26,27,28). The van der Waals surface area contributed by atoms with Gasteiger partial charge in [-0.1, -0.05) is 40.9 Å². The van der Waals surface area contributed by atoms with Crippen molar-refractivity contribution >= 4 is 69.1 Å². The number of benzene rings is 3. The maximum absolute atomic E-state index is 14.3. The highest BCUT2D eigenvalue weighted by Crippen LogP contribution is 2.33. The van der Waals surface area contributed by atoms with E-state index in [1.165, 1.54) is 24.3 Å². The number of nitrogens with one attached hydrogen (secondary N) is 3. The monoisotopic (exact) mass is 464 g/mol. The molecule has 3 aromatic carbocycles. The SMILES string of the molecule is O=C(Nc1cccc(Cl)c1)c1cc2[nH]c(Nc3c(Cl)ccc(Cl)c3F)nc2cc1O. The highest BCUT2D eigenvalue weighted by molar-refractivity contribution is 6.35. The maximum Gasteiger partial charge on any atom is 0.259 e. The number of phenols is 1. The lowest BCUT2D eigenvalue weighted by Crippen LogP contribution is -2.12. The first-order chi connectivity index (χ1) is 14.3. The summed E-state index contributed by atoms with van der Waals surface area (Å²) >= 11 is 17.7. The molecule has 4 rings (SSSR count). The average molecular weight is 466 g/mol. The zero-order valence-electron chi connectivity index (χ0n) is 14.9. The summed E-state index contributed by atoms with van der Waals surface area (Å²) < 4.78 is 14.3. The van der Waals surface area contributed by atoms with Crippen LogP contribution >= 0.6 is 34.8 Å². The molecule has 30 heavy (non-hydrogen) atoms. The molecule has 0 aliphatic carbocycles. The quantitative estimate of drug-likeness (QED) is 0.264. The van der Waals surface area contributed by atoms with Crippen LogP contribution in [0.3, 0.4) is 0 Å². The van der Waals surface area contributed by atoms with Crippen LogP contribution in [0.15, 0.2) is 48.5 Å². The third-order valence-electron chi connectivity index (χ3n) is 4.21. The van der Waals surface area contributed by atoms with Crippen molar-refractivity contribution in [2.24, 2.45) is 0 Å². The Bertz CT molecular complexity index is 1290. The van der Waals surface area contributed by atoms with Crippen molar-refractivity contribution in [1.29, 1.82) is 0 Å². The van der Waals surface area contributed by atoms with E-state index in [1.807, 2.05) is 0 Å². The van der Waals surface area contributed by atoms with Gasteiger partial charge in [-0.25, -0.2) is 9.37 Å². The number of hydrogen-bond donors (Lipinski definition) is 4. The highest BCUT2D eigenvalue weighted by atomic mass is 35.5. The Morgan fingerprint density at radius 1 is 1.07 bits per heavy atom. The number of imidazole rings is 1. The van der Waals surface area contributed by atoms with Crippen LogP contribution < -0.4 is 10.6 Å². The van der Waals surface area contributed by atoms with Gasteiger partial charge in [0.25, 0.3) is 5.91 Å². The zero-order valence-corrected chi connectivity index (χ0v) is 17.2. The van der Waals surface area contributed by atoms with E-state index in [0.717, 1.165) is 0 Å². The van der Waals surface area contributed by atoms with Crippen LogP contribution in [0.2, 0.25) is 15.1 Å². The van der Waals surface area contributed by atoms with E-state index in [1.54, 1.807) is 24.3 Å². The lowest BCUT2D eigenvalue weighted by Gasteiger charge is -2.07. The number of fused-ring (bicyclic) bond motifs is 1. The summed E-state index contributed by atoms with van der Waals surface area (Å²) in [5, 5.41) is 16.1. The van der Waals surface area contributed by atoms with Gasteiger partial charge < -0.3 is 20.7 Å². The van der Waals surface area contributed by atoms with Crippen LogP contribution in [-0.2, 0) is 0 Å². The van der Waals surface area contributed by atoms with Gasteiger partial charge >= 0.3 is 0 Å². The number of hydrogen-bond acceptors (Lipinski definition) is 4. The molecule has 0 aliphatic heterocycles. The summed E-state index contributed by atoms with van der Waals surface area (Å²) in [5.74, 6) is -1.38. The minimum absolute atomic E-state index is 0.0182. The van der Waals surface area contributed by atoms with Gasteiger partial charge in [0.2, 0.25) is 5.95 Å². The summed E-state index contributed by atoms with van der Waals surface area (Å²) in [5.41, 5.74) is 1.24. The van der Waals surface area contributed by atoms with E-state index in [0.29, 0.717) is 21.7 Å². The lowest BCUT2D eigenvalue weighted by atomic mass is 10.1. The maximum atomic E-state index is 14.3. The molecule has 0 bridgehead atoms. The molecule has 152 valence electrons. The number of nitrogens with zero attached hydrogens (tertiary/aromatic N) is 1. The van der Waals surface area contributed by atoms with E-state index < -0.39 is 11.7 Å². The predicted octanol–water partition coefficient (Wildman–Crippen LogP) is 6.36. The Labute approximate surface area is 184 Å². The molecule has 0 spiro atoms. The first-order valence-corrected chi connectivity index (χ1v) is 9.65. The Balaban J connectivity index is 1.65. The Hall–Kier alpha value is -3.00. The molecular formula is C20H12Cl3FN4O2. The van der Waals surface area contributed by atoms with E-state index in [9.17, 15) is 14.3 Å². The number of aromatic hydroxyl groups is 1. The van der Waals surface area contributed by atoms with Crippen LogP contribution in [0, 0.1) is 5.82 Å². The molecule has 0 radical (unpaired) electrons. The molecular weight excluding hydrogens is 454 g/mol. The third kappa shape index (κ3) is 4.00. The Morgan fingerprint density at radius 2 is 1.83 bits per heavy atom. The molecule has 0 unspecified atom stereocenters. The molecule has 1 aromatic heterocycles. The van der Waals surface area contributed by atoms with E-state index in [4.69, 9.17) is 34.8 Å². The summed E-state index contributed by atoms with van der Waals surface area (Å²) in [6.45, 7) is 0. The number of carbonyl (C=O) groups excluding carboxylic acids is 1. The minimum atomic E-state index is -0.728. The number of halogens is 4. The van der Waals surface area contributed by atoms with Crippen molar-refractivity contribution in [1.82, 2.24) is 9.97 Å². The molecule has 0 saturated heterocycles. The number of H-pyrrole nitrogens is 1. The van der Waals surface area contributed by atoms with Crippen molar-refractivity contribution in [3.63, 3.8) is 0 Å². The lowest BCUT2D eigenvalue weighted by molar-refractivity contribution is 0.102. The third-order valence-corrected chi connectivity index (χ3v) is 5.06. The van der Waals surface area contributed by atoms with Crippen LogP contribution in [0.5, 0.6) is 5.75 Å². The van der Waals surface area contributed by atoms with Crippen LogP contribution in [0.25, 0.3) is 11.0 Å². The second-order valence-electron chi connectivity index (χ2n) is 6.28. The average Bonchev–Trinajstić information content (AvgIpc) is 3.09. The molecule has 0 aliphatic rings. The molecule has 4 N–H and O–H groups in total. The van der Waals surface area contributed by atoms with Crippen LogP contribution in [0.1, 0.15) is 10.4 Å². The van der Waals surface area contributed by atoms with Crippen molar-refractivity contribution in [3.05, 3.63) is 75.0 Å². The van der Waals surface area contributed by atoms with Gasteiger partial charge in [-0.2, -0.15) is 0 Å². The van der Waals surface area contributed by atoms with Crippen molar-refractivity contribution in [3.8, 4) is 5.75 Å². The second-order valence-corrected chi connectivity index (χ2v) is 7.53. The molecule has 0 fully saturated rings. The Kier molecular flexibility index (Phi) is 5.42. The molecule has 4 aromatic rings. The van der Waals surface area contributed by atoms with Gasteiger partial charge in [-0.3, -0.25) is 4.79 Å². The first kappa shape index (κ1) is 20.3. The van der Waals surface area contributed by atoms with Crippen LogP contribution in [-0.4, -0.2) is 21.0 Å². The van der Waals surface area contributed by atoms with Crippen molar-refractivity contribution in [2.75, 3.05) is 10.6 Å². The van der Waals surface area contributed by atoms with Gasteiger partial charge in [-0.15, -0.1) is 0 Å². The number of aromatic nitrogens is 2. The summed E-state index contributed by atoms with van der Waals surface area (Å²) in [6.07, 6.45) is 0. The number of rotatable bonds is 4. The number of amides is 1. The summed E-state index contributed by atoms with van der Waals surface area (Å²) in [4.78, 5) is 19.7. The minimum Gasteiger partial charge on any atom is -0.507 e. The van der Waals surface area contributed by atoms with Gasteiger partial charge in [0.15, 0.2) is 5.82 Å². The molecule has 0 saturated carbocycles. The van der Waals surface area contributed by atoms with Crippen LogP contribution in [0.4, 0.5) is 21.7 Å². The predicted molar refractivity (Wildman–Crippen MR) is 117 cm³/mol. The smallest absolute Gasteiger partial charge is 0.259 e. The fourth-order valence-electron chi connectivity index (χ4n) is 2.81. The molecule has 6 nitrogen and oxygen atoms in total. The Morgan fingerprint density at radius 3 is 2.60 bits per heavy atom. The number of anilines is 3. The van der Waals surface area contributed by atoms with E-state index in [2.05, 4.69) is 20.6 Å². The fraction of sp³-hybridized carbons (Fsp3) is 0. The molecule has 1 heterocycles. The molecule has 10 heteroatoms. The topological polar surface area (TPSA) is 90.0 Å². The molecule has 1 amide bonds. The normalized spacial score (nSPS) is 10.9. The number of carbonyl (C=O) groups is 1. The number of phenolic OH excluding ortho intramolecular Hbond substituents is 1. The fourth-order valence-corrected chi connectivity index (χ4v) is 3.35. The largest absolute Gasteiger partial charge is 0.507 e. The highest BCUT2D eigenvalue weighted by Gasteiger charge is 2.17. The number of aromatic amines is 1. The van der Waals surface area contributed by atoms with Gasteiger partial charge in [0.05, 0.1) is 32.3 Å². The van der Waals surface area contributed by atoms with Crippen molar-refractivity contribution < 1.29 is 14.3 Å². The van der Waals surface area contributed by atoms with E-state index >= 15 is 0 Å². The second kappa shape index (κ2) is 8.02. The van der Waals surface area contributed by atoms with Gasteiger partial charge in [-0.05, 0) is 36.4 Å². The molecule has 0 atom stereocenters. The van der Waals surface area contributed by atoms with E-state index in [-0.39, 0.29) is 33.0 Å².